The number of piperazine rings is 1. The van der Waals surface area contributed by atoms with E-state index in [1.165, 1.54) is 10.6 Å². The Balaban J connectivity index is 1.37. The monoisotopic (exact) mass is 490 g/mol. The van der Waals surface area contributed by atoms with Crippen molar-refractivity contribution in [1.29, 1.82) is 0 Å². The lowest BCUT2D eigenvalue weighted by molar-refractivity contribution is 0.313. The third kappa shape index (κ3) is 5.29. The van der Waals surface area contributed by atoms with E-state index in [1.807, 2.05) is 17.8 Å². The largest absolute Gasteiger partial charge is 0.369 e. The Morgan fingerprint density at radius 3 is 2.44 bits per heavy atom. The molecule has 0 unspecified atom stereocenters. The number of aromatic nitrogens is 2. The third-order valence-electron chi connectivity index (χ3n) is 5.80. The minimum Gasteiger partial charge on any atom is -0.369 e. The van der Waals surface area contributed by atoms with E-state index in [4.69, 9.17) is 9.97 Å². The van der Waals surface area contributed by atoms with Gasteiger partial charge in [-0.15, -0.1) is 23.1 Å². The van der Waals surface area contributed by atoms with Crippen LogP contribution in [-0.4, -0.2) is 53.3 Å². The highest BCUT2D eigenvalue weighted by atomic mass is 32.2. The zero-order valence-electron chi connectivity index (χ0n) is 19.8. The average molecular weight is 491 g/mol. The molecule has 0 radical (unpaired) electrons. The molecule has 34 heavy (non-hydrogen) atoms. The number of nitrogens with one attached hydrogen (secondary N) is 2. The normalized spacial score (nSPS) is 14.6. The van der Waals surface area contributed by atoms with E-state index < -0.39 is 0 Å². The quantitative estimate of drug-likeness (QED) is 0.289. The van der Waals surface area contributed by atoms with Crippen LogP contribution >= 0.6 is 23.1 Å². The van der Waals surface area contributed by atoms with Crippen LogP contribution in [0.15, 0.2) is 64.9 Å². The Morgan fingerprint density at radius 1 is 0.912 bits per heavy atom. The van der Waals surface area contributed by atoms with E-state index >= 15 is 0 Å². The van der Waals surface area contributed by atoms with Crippen molar-refractivity contribution in [2.24, 2.45) is 0 Å². The lowest BCUT2D eigenvalue weighted by Gasteiger charge is -2.34. The first kappa shape index (κ1) is 23.0. The smallest absolute Gasteiger partial charge is 0.229 e. The van der Waals surface area contributed by atoms with Crippen molar-refractivity contribution in [3.63, 3.8) is 0 Å². The van der Waals surface area contributed by atoms with Gasteiger partial charge in [0.1, 0.15) is 0 Å². The molecule has 4 aromatic rings. The van der Waals surface area contributed by atoms with E-state index in [0.29, 0.717) is 11.2 Å². The van der Waals surface area contributed by atoms with E-state index in [9.17, 15) is 0 Å². The zero-order valence-corrected chi connectivity index (χ0v) is 21.4. The topological polar surface area (TPSA) is 56.3 Å². The van der Waals surface area contributed by atoms with Crippen LogP contribution in [0.5, 0.6) is 0 Å². The van der Waals surface area contributed by atoms with Crippen LogP contribution in [0, 0.1) is 0 Å². The molecule has 0 amide bonds. The van der Waals surface area contributed by atoms with E-state index in [1.54, 1.807) is 11.3 Å². The molecule has 1 aliphatic rings. The summed E-state index contributed by atoms with van der Waals surface area (Å²) >= 11 is 3.50. The standard InChI is InChI=1S/C26H30N6S2/c1-18(2)34-23-7-5-4-6-21(23)28-25-24-22(12-17-33-24)29-26(30-25)27-19-8-10-20(11-9-19)32-15-13-31(3)14-16-32/h4-12,17-18H,13-16H2,1-3H3,(H2,27,28,29,30). The molecule has 1 saturated heterocycles. The highest BCUT2D eigenvalue weighted by Crippen LogP contribution is 2.35. The molecule has 8 heteroatoms. The fourth-order valence-corrected chi connectivity index (χ4v) is 5.69. The Labute approximate surface area is 209 Å². The number of thiophene rings is 1. The van der Waals surface area contributed by atoms with Crippen molar-refractivity contribution in [3.8, 4) is 0 Å². The van der Waals surface area contributed by atoms with Crippen molar-refractivity contribution in [3.05, 3.63) is 60.0 Å². The van der Waals surface area contributed by atoms with Gasteiger partial charge in [-0.2, -0.15) is 4.98 Å². The van der Waals surface area contributed by atoms with Gasteiger partial charge < -0.3 is 20.4 Å². The number of fused-ring (bicyclic) bond motifs is 1. The SMILES string of the molecule is CC(C)Sc1ccccc1Nc1nc(Nc2ccc(N3CCN(C)CC3)cc2)nc2ccsc12. The summed E-state index contributed by atoms with van der Waals surface area (Å²) < 4.78 is 1.06. The maximum atomic E-state index is 4.86. The highest BCUT2D eigenvalue weighted by molar-refractivity contribution is 8.00. The molecule has 2 N–H and O–H groups in total. The van der Waals surface area contributed by atoms with Crippen LogP contribution in [-0.2, 0) is 0 Å². The molecule has 2 aromatic carbocycles. The second kappa shape index (κ2) is 10.2. The average Bonchev–Trinajstić information content (AvgIpc) is 3.30. The van der Waals surface area contributed by atoms with Crippen LogP contribution < -0.4 is 15.5 Å². The molecular formula is C26H30N6S2. The molecule has 6 nitrogen and oxygen atoms in total. The number of hydrogen-bond donors (Lipinski definition) is 2. The number of hydrogen-bond acceptors (Lipinski definition) is 8. The first-order chi connectivity index (χ1) is 16.5. The van der Waals surface area contributed by atoms with Gasteiger partial charge in [0.2, 0.25) is 5.95 Å². The zero-order chi connectivity index (χ0) is 23.5. The number of para-hydroxylation sites is 1. The van der Waals surface area contributed by atoms with Crippen LogP contribution in [0.3, 0.4) is 0 Å². The first-order valence-corrected chi connectivity index (χ1v) is 13.4. The van der Waals surface area contributed by atoms with Crippen LogP contribution in [0.25, 0.3) is 10.2 Å². The number of nitrogens with zero attached hydrogens (tertiary/aromatic N) is 4. The van der Waals surface area contributed by atoms with Crippen LogP contribution in [0.2, 0.25) is 0 Å². The van der Waals surface area contributed by atoms with E-state index in [0.717, 1.165) is 53.6 Å². The summed E-state index contributed by atoms with van der Waals surface area (Å²) in [6.45, 7) is 8.74. The van der Waals surface area contributed by atoms with Crippen LogP contribution in [0.4, 0.5) is 28.8 Å². The summed E-state index contributed by atoms with van der Waals surface area (Å²) in [7, 11) is 2.18. The predicted octanol–water partition coefficient (Wildman–Crippen LogP) is 6.43. The number of anilines is 5. The number of benzene rings is 2. The molecule has 1 fully saturated rings. The molecule has 0 atom stereocenters. The molecule has 2 aromatic heterocycles. The maximum Gasteiger partial charge on any atom is 0.229 e. The van der Waals surface area contributed by atoms with Gasteiger partial charge in [0, 0.05) is 47.7 Å². The summed E-state index contributed by atoms with van der Waals surface area (Å²) in [6.07, 6.45) is 0. The van der Waals surface area contributed by atoms with Gasteiger partial charge in [-0.05, 0) is 54.9 Å². The predicted molar refractivity (Wildman–Crippen MR) is 148 cm³/mol. The molecule has 0 aliphatic carbocycles. The van der Waals surface area contributed by atoms with Crippen molar-refractivity contribution in [1.82, 2.24) is 14.9 Å². The number of likely N-dealkylation sites (N-methyl/N-ethyl adjacent to an activating group) is 1. The first-order valence-electron chi connectivity index (χ1n) is 11.6. The number of rotatable bonds is 7. The fraction of sp³-hybridized carbons (Fsp3) is 0.308. The molecular weight excluding hydrogens is 460 g/mol. The molecule has 0 bridgehead atoms. The Morgan fingerprint density at radius 2 is 1.68 bits per heavy atom. The lowest BCUT2D eigenvalue weighted by atomic mass is 10.2. The van der Waals surface area contributed by atoms with Gasteiger partial charge in [0.05, 0.1) is 15.9 Å². The molecule has 0 saturated carbocycles. The van der Waals surface area contributed by atoms with Gasteiger partial charge in [0.15, 0.2) is 5.82 Å². The second-order valence-electron chi connectivity index (χ2n) is 8.78. The second-order valence-corrected chi connectivity index (χ2v) is 11.3. The van der Waals surface area contributed by atoms with Gasteiger partial charge in [0.25, 0.3) is 0 Å². The van der Waals surface area contributed by atoms with Gasteiger partial charge in [-0.1, -0.05) is 26.0 Å². The van der Waals surface area contributed by atoms with Crippen molar-refractivity contribution in [2.75, 3.05) is 48.8 Å². The Hall–Kier alpha value is -2.81. The summed E-state index contributed by atoms with van der Waals surface area (Å²) in [5.41, 5.74) is 4.24. The Kier molecular flexibility index (Phi) is 6.89. The van der Waals surface area contributed by atoms with E-state index in [2.05, 4.69) is 95.2 Å². The minimum absolute atomic E-state index is 0.501. The van der Waals surface area contributed by atoms with E-state index in [-0.39, 0.29) is 0 Å². The van der Waals surface area contributed by atoms with Gasteiger partial charge >= 0.3 is 0 Å². The van der Waals surface area contributed by atoms with Crippen LogP contribution in [0.1, 0.15) is 13.8 Å². The third-order valence-corrected chi connectivity index (χ3v) is 7.79. The lowest BCUT2D eigenvalue weighted by Crippen LogP contribution is -2.44. The van der Waals surface area contributed by atoms with Gasteiger partial charge in [-0.3, -0.25) is 0 Å². The van der Waals surface area contributed by atoms with Crippen molar-refractivity contribution in [2.45, 2.75) is 24.0 Å². The Bertz CT molecular complexity index is 1250. The molecule has 3 heterocycles. The fourth-order valence-electron chi connectivity index (χ4n) is 4.01. The van der Waals surface area contributed by atoms with Crippen molar-refractivity contribution >= 4 is 62.1 Å². The van der Waals surface area contributed by atoms with Gasteiger partial charge in [-0.25, -0.2) is 4.98 Å². The summed E-state index contributed by atoms with van der Waals surface area (Å²) in [5.74, 6) is 1.42. The summed E-state index contributed by atoms with van der Waals surface area (Å²) in [4.78, 5) is 15.6. The molecule has 5 rings (SSSR count). The summed E-state index contributed by atoms with van der Waals surface area (Å²) in [6, 6.07) is 19.0. The molecule has 0 spiro atoms. The molecule has 1 aliphatic heterocycles. The van der Waals surface area contributed by atoms with Crippen molar-refractivity contribution < 1.29 is 0 Å². The highest BCUT2D eigenvalue weighted by Gasteiger charge is 2.15. The number of thioether (sulfide) groups is 1. The molecule has 176 valence electrons. The maximum absolute atomic E-state index is 4.86. The summed E-state index contributed by atoms with van der Waals surface area (Å²) in [5, 5.41) is 9.55. The minimum atomic E-state index is 0.501.